The first-order valence-electron chi connectivity index (χ1n) is 9.36. The first-order chi connectivity index (χ1) is 10.8. The molecule has 4 nitrogen and oxygen atoms in total. The Hall–Kier alpha value is -0.160. The third-order valence-electron chi connectivity index (χ3n) is 4.14. The summed E-state index contributed by atoms with van der Waals surface area (Å²) in [7, 11) is 0. The highest BCUT2D eigenvalue weighted by Crippen LogP contribution is 2.12. The summed E-state index contributed by atoms with van der Waals surface area (Å²) in [5, 5.41) is 18.7. The molecule has 0 aliphatic rings. The summed E-state index contributed by atoms with van der Waals surface area (Å²) >= 11 is 0. The lowest BCUT2D eigenvalue weighted by Crippen LogP contribution is -2.33. The van der Waals surface area contributed by atoms with Crippen molar-refractivity contribution in [1.29, 1.82) is 0 Å². The molecule has 4 N–H and O–H groups in total. The third kappa shape index (κ3) is 13.5. The van der Waals surface area contributed by atoms with Crippen LogP contribution in [0.1, 0.15) is 84.0 Å². The second-order valence-electron chi connectivity index (χ2n) is 6.27. The molecule has 0 fully saturated rings. The molecular formula is C18H39NO3. The number of nitrogens with two attached hydrogens (primary N) is 1. The van der Waals surface area contributed by atoms with E-state index in [9.17, 15) is 5.11 Å². The highest BCUT2D eigenvalue weighted by molar-refractivity contribution is 4.68. The first kappa shape index (κ1) is 21.8. The van der Waals surface area contributed by atoms with Gasteiger partial charge in [0.2, 0.25) is 0 Å². The van der Waals surface area contributed by atoms with E-state index in [0.717, 1.165) is 19.3 Å². The van der Waals surface area contributed by atoms with E-state index in [0.29, 0.717) is 13.2 Å². The zero-order valence-electron chi connectivity index (χ0n) is 14.6. The third-order valence-corrected chi connectivity index (χ3v) is 4.14. The van der Waals surface area contributed by atoms with Crippen molar-refractivity contribution in [2.24, 2.45) is 5.73 Å². The average molecular weight is 318 g/mol. The van der Waals surface area contributed by atoms with Crippen molar-refractivity contribution in [2.75, 3.05) is 19.8 Å². The Morgan fingerprint density at radius 2 is 1.41 bits per heavy atom. The van der Waals surface area contributed by atoms with Crippen molar-refractivity contribution in [2.45, 2.75) is 96.2 Å². The Morgan fingerprint density at radius 1 is 0.864 bits per heavy atom. The maximum absolute atomic E-state index is 9.69. The van der Waals surface area contributed by atoms with E-state index in [1.807, 2.05) is 0 Å². The lowest BCUT2D eigenvalue weighted by Gasteiger charge is -2.21. The van der Waals surface area contributed by atoms with E-state index >= 15 is 0 Å². The van der Waals surface area contributed by atoms with Crippen LogP contribution in [-0.4, -0.2) is 42.2 Å². The number of aliphatic hydroxyl groups is 2. The number of ether oxygens (including phenoxy) is 1. The molecule has 4 heteroatoms. The van der Waals surface area contributed by atoms with Gasteiger partial charge >= 0.3 is 0 Å². The molecule has 0 aromatic carbocycles. The average Bonchev–Trinajstić information content (AvgIpc) is 2.54. The monoisotopic (exact) mass is 317 g/mol. The predicted molar refractivity (Wildman–Crippen MR) is 93.0 cm³/mol. The molecular weight excluding hydrogens is 278 g/mol. The molecule has 134 valence electrons. The molecule has 22 heavy (non-hydrogen) atoms. The molecule has 0 spiro atoms. The van der Waals surface area contributed by atoms with Crippen LogP contribution < -0.4 is 5.73 Å². The Bertz CT molecular complexity index is 215. The molecule has 0 heterocycles. The van der Waals surface area contributed by atoms with Crippen LogP contribution in [0.5, 0.6) is 0 Å². The largest absolute Gasteiger partial charge is 0.394 e. The van der Waals surface area contributed by atoms with Gasteiger partial charge in [-0.25, -0.2) is 0 Å². The smallest absolute Gasteiger partial charge is 0.103 e. The highest BCUT2D eigenvalue weighted by atomic mass is 16.5. The molecule has 0 aliphatic heterocycles. The van der Waals surface area contributed by atoms with Crippen LogP contribution >= 0.6 is 0 Å². The number of hydrogen-bond acceptors (Lipinski definition) is 4. The van der Waals surface area contributed by atoms with Crippen molar-refractivity contribution >= 4 is 0 Å². The van der Waals surface area contributed by atoms with Crippen LogP contribution in [0.4, 0.5) is 0 Å². The maximum Gasteiger partial charge on any atom is 0.103 e. The van der Waals surface area contributed by atoms with Gasteiger partial charge in [-0.05, 0) is 25.8 Å². The van der Waals surface area contributed by atoms with Crippen molar-refractivity contribution in [3.05, 3.63) is 0 Å². The Kier molecular flexibility index (Phi) is 17.1. The van der Waals surface area contributed by atoms with Gasteiger partial charge in [0.15, 0.2) is 0 Å². The van der Waals surface area contributed by atoms with Crippen LogP contribution in [0.2, 0.25) is 0 Å². The van der Waals surface area contributed by atoms with Crippen molar-refractivity contribution in [3.8, 4) is 0 Å². The Labute approximate surface area is 137 Å². The summed E-state index contributed by atoms with van der Waals surface area (Å²) in [5.74, 6) is 0. The minimum absolute atomic E-state index is 0.243. The SMILES string of the molecule is CCCCCCCCCCCCOC(CCCN)C(O)CO. The van der Waals surface area contributed by atoms with Gasteiger partial charge in [-0.2, -0.15) is 0 Å². The molecule has 0 aliphatic carbocycles. The van der Waals surface area contributed by atoms with Gasteiger partial charge in [0.1, 0.15) is 6.10 Å². The lowest BCUT2D eigenvalue weighted by atomic mass is 10.1. The van der Waals surface area contributed by atoms with E-state index in [1.165, 1.54) is 57.8 Å². The van der Waals surface area contributed by atoms with Crippen molar-refractivity contribution in [3.63, 3.8) is 0 Å². The van der Waals surface area contributed by atoms with E-state index in [2.05, 4.69) is 6.92 Å². The predicted octanol–water partition coefficient (Wildman–Crippen LogP) is 3.38. The van der Waals surface area contributed by atoms with Gasteiger partial charge in [-0.15, -0.1) is 0 Å². The molecule has 0 saturated carbocycles. The summed E-state index contributed by atoms with van der Waals surface area (Å²) in [6.07, 6.45) is 13.5. The van der Waals surface area contributed by atoms with E-state index in [-0.39, 0.29) is 12.7 Å². The molecule has 0 aromatic rings. The standard InChI is InChI=1S/C18H39NO3/c1-2-3-4-5-6-7-8-9-10-11-15-22-18(13-12-14-19)17(21)16-20/h17-18,20-21H,2-16,19H2,1H3. The number of hydrogen-bond donors (Lipinski definition) is 3. The molecule has 0 rings (SSSR count). The fourth-order valence-electron chi connectivity index (χ4n) is 2.65. The summed E-state index contributed by atoms with van der Waals surface area (Å²) in [5.41, 5.74) is 5.48. The van der Waals surface area contributed by atoms with Crippen LogP contribution in [0.15, 0.2) is 0 Å². The summed E-state index contributed by atoms with van der Waals surface area (Å²) < 4.78 is 5.70. The van der Waals surface area contributed by atoms with E-state index in [4.69, 9.17) is 15.6 Å². The zero-order valence-corrected chi connectivity index (χ0v) is 14.6. The number of rotatable bonds is 17. The normalized spacial score (nSPS) is 14.2. The Balaban J connectivity index is 3.41. The molecule has 0 saturated heterocycles. The highest BCUT2D eigenvalue weighted by Gasteiger charge is 2.18. The van der Waals surface area contributed by atoms with Gasteiger partial charge in [-0.3, -0.25) is 0 Å². The second-order valence-corrected chi connectivity index (χ2v) is 6.27. The minimum Gasteiger partial charge on any atom is -0.394 e. The molecule has 2 unspecified atom stereocenters. The van der Waals surface area contributed by atoms with Crippen LogP contribution in [-0.2, 0) is 4.74 Å². The van der Waals surface area contributed by atoms with Crippen LogP contribution in [0.25, 0.3) is 0 Å². The summed E-state index contributed by atoms with van der Waals surface area (Å²) in [6, 6.07) is 0. The maximum atomic E-state index is 9.69. The molecule has 0 bridgehead atoms. The van der Waals surface area contributed by atoms with Gasteiger partial charge in [0, 0.05) is 6.61 Å². The molecule has 0 aromatic heterocycles. The fourth-order valence-corrected chi connectivity index (χ4v) is 2.65. The second kappa shape index (κ2) is 17.2. The van der Waals surface area contributed by atoms with Crippen molar-refractivity contribution in [1.82, 2.24) is 0 Å². The van der Waals surface area contributed by atoms with E-state index < -0.39 is 6.10 Å². The molecule has 2 atom stereocenters. The van der Waals surface area contributed by atoms with Crippen LogP contribution in [0.3, 0.4) is 0 Å². The van der Waals surface area contributed by atoms with Gasteiger partial charge in [-0.1, -0.05) is 64.7 Å². The number of unbranched alkanes of at least 4 members (excludes halogenated alkanes) is 9. The van der Waals surface area contributed by atoms with E-state index in [1.54, 1.807) is 0 Å². The lowest BCUT2D eigenvalue weighted by molar-refractivity contribution is -0.0625. The summed E-state index contributed by atoms with van der Waals surface area (Å²) in [4.78, 5) is 0. The minimum atomic E-state index is -0.783. The van der Waals surface area contributed by atoms with Gasteiger partial charge in [0.25, 0.3) is 0 Å². The van der Waals surface area contributed by atoms with Gasteiger partial charge in [0.05, 0.1) is 12.7 Å². The molecule has 0 amide bonds. The van der Waals surface area contributed by atoms with Crippen LogP contribution in [0, 0.1) is 0 Å². The Morgan fingerprint density at radius 3 is 1.91 bits per heavy atom. The number of aliphatic hydroxyl groups excluding tert-OH is 2. The zero-order chi connectivity index (χ0) is 16.5. The first-order valence-corrected chi connectivity index (χ1v) is 9.36. The quantitative estimate of drug-likeness (QED) is 0.359. The topological polar surface area (TPSA) is 75.7 Å². The van der Waals surface area contributed by atoms with Gasteiger partial charge < -0.3 is 20.7 Å². The molecule has 0 radical (unpaired) electrons. The van der Waals surface area contributed by atoms with Crippen molar-refractivity contribution < 1.29 is 14.9 Å². The summed E-state index contributed by atoms with van der Waals surface area (Å²) in [6.45, 7) is 3.27. The fraction of sp³-hybridized carbons (Fsp3) is 1.00.